The van der Waals surface area contributed by atoms with Gasteiger partial charge < -0.3 is 5.11 Å². The van der Waals surface area contributed by atoms with E-state index in [-0.39, 0.29) is 5.88 Å². The average Bonchev–Trinajstić information content (AvgIpc) is 1.94. The lowest BCUT2D eigenvalue weighted by molar-refractivity contribution is 0.443. The third-order valence-electron chi connectivity index (χ3n) is 1.09. The topological polar surface area (TPSA) is 46.0 Å². The van der Waals surface area contributed by atoms with Crippen molar-refractivity contribution in [2.24, 2.45) is 0 Å². The summed E-state index contributed by atoms with van der Waals surface area (Å²) in [5.74, 6) is -0.0117. The minimum atomic E-state index is -0.0117. The van der Waals surface area contributed by atoms with Crippen LogP contribution in [0.1, 0.15) is 5.69 Å². The number of hydrogen-bond donors (Lipinski definition) is 1. The van der Waals surface area contributed by atoms with Crippen molar-refractivity contribution in [3.63, 3.8) is 0 Å². The molecule has 0 aliphatic carbocycles. The lowest BCUT2D eigenvalue weighted by Gasteiger charge is -1.95. The van der Waals surface area contributed by atoms with Crippen molar-refractivity contribution < 1.29 is 5.11 Å². The molecule has 1 heterocycles. The maximum absolute atomic E-state index is 9.02. The van der Waals surface area contributed by atoms with Gasteiger partial charge in [0.15, 0.2) is 0 Å². The molecule has 0 spiro atoms. The van der Waals surface area contributed by atoms with Crippen LogP contribution in [0.4, 0.5) is 0 Å². The van der Waals surface area contributed by atoms with Crippen LogP contribution in [0.5, 0.6) is 5.88 Å². The number of aromatic hydroxyl groups is 1. The zero-order chi connectivity index (χ0) is 7.40. The Balaban J connectivity index is 2.91. The molecule has 10 heavy (non-hydrogen) atoms. The second-order valence-electron chi connectivity index (χ2n) is 1.82. The van der Waals surface area contributed by atoms with E-state index in [1.54, 1.807) is 12.3 Å². The highest BCUT2D eigenvalue weighted by Gasteiger charge is 1.97. The van der Waals surface area contributed by atoms with Crippen LogP contribution in [0, 0.1) is 0 Å². The molecule has 0 aromatic carbocycles. The van der Waals surface area contributed by atoms with Crippen LogP contribution in [0.15, 0.2) is 25.0 Å². The predicted octanol–water partition coefficient (Wildman–Crippen LogP) is 0.911. The summed E-state index contributed by atoms with van der Waals surface area (Å²) >= 11 is 0. The van der Waals surface area contributed by atoms with Gasteiger partial charge >= 0.3 is 0 Å². The smallest absolute Gasteiger partial charge is 0.233 e. The third-order valence-corrected chi connectivity index (χ3v) is 1.09. The fourth-order valence-corrected chi connectivity index (χ4v) is 0.640. The van der Waals surface area contributed by atoms with E-state index >= 15 is 0 Å². The van der Waals surface area contributed by atoms with Gasteiger partial charge in [-0.1, -0.05) is 6.08 Å². The van der Waals surface area contributed by atoms with Crippen molar-refractivity contribution in [3.8, 4) is 5.88 Å². The molecule has 0 bridgehead atoms. The Morgan fingerprint density at radius 3 is 2.80 bits per heavy atom. The largest absolute Gasteiger partial charge is 0.492 e. The third kappa shape index (κ3) is 1.31. The molecule has 3 nitrogen and oxygen atoms in total. The van der Waals surface area contributed by atoms with Gasteiger partial charge in [0.1, 0.15) is 5.69 Å². The van der Waals surface area contributed by atoms with Crippen molar-refractivity contribution in [3.05, 3.63) is 30.7 Å². The van der Waals surface area contributed by atoms with Crippen LogP contribution in [-0.2, 0) is 6.42 Å². The highest BCUT2D eigenvalue weighted by molar-refractivity contribution is 5.17. The summed E-state index contributed by atoms with van der Waals surface area (Å²) in [5.41, 5.74) is 0.567. The molecule has 0 fully saturated rings. The second-order valence-corrected chi connectivity index (χ2v) is 1.82. The number of rotatable bonds is 2. The van der Waals surface area contributed by atoms with E-state index in [2.05, 4.69) is 16.5 Å². The number of hydrogen-bond acceptors (Lipinski definition) is 3. The van der Waals surface area contributed by atoms with Crippen molar-refractivity contribution in [2.75, 3.05) is 0 Å². The van der Waals surface area contributed by atoms with Crippen molar-refractivity contribution in [1.82, 2.24) is 9.97 Å². The predicted molar refractivity (Wildman–Crippen MR) is 37.6 cm³/mol. The Morgan fingerprint density at radius 1 is 1.50 bits per heavy atom. The Labute approximate surface area is 59.1 Å². The zero-order valence-corrected chi connectivity index (χ0v) is 5.49. The number of nitrogens with zero attached hydrogens (tertiary/aromatic N) is 2. The van der Waals surface area contributed by atoms with E-state index < -0.39 is 0 Å². The SMILES string of the molecule is C=CCc1nccnc1O. The van der Waals surface area contributed by atoms with Gasteiger partial charge in [-0.2, -0.15) is 0 Å². The lowest BCUT2D eigenvalue weighted by Crippen LogP contribution is -1.88. The maximum Gasteiger partial charge on any atom is 0.233 e. The number of aromatic nitrogens is 2. The van der Waals surface area contributed by atoms with E-state index in [4.69, 9.17) is 5.11 Å². The van der Waals surface area contributed by atoms with Crippen LogP contribution in [0.3, 0.4) is 0 Å². The molecule has 0 aliphatic heterocycles. The first kappa shape index (κ1) is 6.74. The average molecular weight is 136 g/mol. The maximum atomic E-state index is 9.02. The van der Waals surface area contributed by atoms with E-state index in [1.165, 1.54) is 6.20 Å². The monoisotopic (exact) mass is 136 g/mol. The molecule has 0 radical (unpaired) electrons. The molecule has 3 heteroatoms. The second kappa shape index (κ2) is 2.96. The number of allylic oxidation sites excluding steroid dienone is 1. The van der Waals surface area contributed by atoms with Crippen molar-refractivity contribution in [1.29, 1.82) is 0 Å². The van der Waals surface area contributed by atoms with Gasteiger partial charge in [-0.3, -0.25) is 4.98 Å². The fraction of sp³-hybridized carbons (Fsp3) is 0.143. The van der Waals surface area contributed by atoms with Gasteiger partial charge in [0.2, 0.25) is 5.88 Å². The van der Waals surface area contributed by atoms with Crippen LogP contribution >= 0.6 is 0 Å². The first-order chi connectivity index (χ1) is 4.84. The molecule has 52 valence electrons. The minimum Gasteiger partial charge on any atom is -0.492 e. The van der Waals surface area contributed by atoms with Crippen LogP contribution in [-0.4, -0.2) is 15.1 Å². The zero-order valence-electron chi connectivity index (χ0n) is 5.49. The molecule has 0 unspecified atom stereocenters. The van der Waals surface area contributed by atoms with Crippen molar-refractivity contribution in [2.45, 2.75) is 6.42 Å². The summed E-state index contributed by atoms with van der Waals surface area (Å²) in [5, 5.41) is 9.02. The summed E-state index contributed by atoms with van der Waals surface area (Å²) in [6.45, 7) is 3.52. The molecule has 0 aliphatic rings. The lowest BCUT2D eigenvalue weighted by atomic mass is 10.3. The summed E-state index contributed by atoms with van der Waals surface area (Å²) in [6, 6.07) is 0. The quantitative estimate of drug-likeness (QED) is 0.614. The normalized spacial score (nSPS) is 9.20. The highest BCUT2D eigenvalue weighted by Crippen LogP contribution is 2.08. The first-order valence-corrected chi connectivity index (χ1v) is 2.94. The Bertz CT molecular complexity index is 235. The molecule has 1 aromatic rings. The Hall–Kier alpha value is -1.38. The fourth-order valence-electron chi connectivity index (χ4n) is 0.640. The Kier molecular flexibility index (Phi) is 1.99. The molecule has 0 atom stereocenters. The van der Waals surface area contributed by atoms with Gasteiger partial charge in [-0.25, -0.2) is 4.98 Å². The van der Waals surface area contributed by atoms with E-state index in [0.717, 1.165) is 0 Å². The molecule has 1 N–H and O–H groups in total. The van der Waals surface area contributed by atoms with E-state index in [0.29, 0.717) is 12.1 Å². The van der Waals surface area contributed by atoms with Crippen LogP contribution in [0.25, 0.3) is 0 Å². The van der Waals surface area contributed by atoms with Gasteiger partial charge in [-0.05, 0) is 0 Å². The molecular formula is C7H8N2O. The molecule has 0 amide bonds. The molecular weight excluding hydrogens is 128 g/mol. The highest BCUT2D eigenvalue weighted by atomic mass is 16.3. The van der Waals surface area contributed by atoms with Crippen molar-refractivity contribution >= 4 is 0 Å². The van der Waals surface area contributed by atoms with Gasteiger partial charge in [0.05, 0.1) is 0 Å². The molecule has 0 saturated carbocycles. The molecule has 0 saturated heterocycles. The standard InChI is InChI=1S/C7H8N2O/c1-2-3-6-7(10)9-5-4-8-6/h2,4-5H,1,3H2,(H,9,10). The Morgan fingerprint density at radius 2 is 2.20 bits per heavy atom. The van der Waals surface area contributed by atoms with E-state index in [1.807, 2.05) is 0 Å². The minimum absolute atomic E-state index is 0.0117. The summed E-state index contributed by atoms with van der Waals surface area (Å²) < 4.78 is 0. The summed E-state index contributed by atoms with van der Waals surface area (Å²) in [6.07, 6.45) is 5.21. The molecule has 1 rings (SSSR count). The van der Waals surface area contributed by atoms with E-state index in [9.17, 15) is 0 Å². The summed E-state index contributed by atoms with van der Waals surface area (Å²) in [4.78, 5) is 7.53. The first-order valence-electron chi connectivity index (χ1n) is 2.94. The van der Waals surface area contributed by atoms with Gasteiger partial charge in [0, 0.05) is 18.8 Å². The van der Waals surface area contributed by atoms with Crippen LogP contribution in [0.2, 0.25) is 0 Å². The van der Waals surface area contributed by atoms with Gasteiger partial charge in [0.25, 0.3) is 0 Å². The summed E-state index contributed by atoms with van der Waals surface area (Å²) in [7, 11) is 0. The van der Waals surface area contributed by atoms with Gasteiger partial charge in [-0.15, -0.1) is 6.58 Å². The van der Waals surface area contributed by atoms with Crippen LogP contribution < -0.4 is 0 Å². The molecule has 1 aromatic heterocycles.